The van der Waals surface area contributed by atoms with E-state index in [1.807, 2.05) is 13.8 Å². The molecule has 0 aromatic heterocycles. The molecule has 4 nitrogen and oxygen atoms in total. The van der Waals surface area contributed by atoms with Gasteiger partial charge < -0.3 is 5.32 Å². The third-order valence-electron chi connectivity index (χ3n) is 2.25. The normalized spacial score (nSPS) is 11.4. The van der Waals surface area contributed by atoms with E-state index in [2.05, 4.69) is 11.9 Å². The van der Waals surface area contributed by atoms with Gasteiger partial charge in [0, 0.05) is 13.1 Å². The van der Waals surface area contributed by atoms with Crippen molar-refractivity contribution in [1.29, 1.82) is 0 Å². The lowest BCUT2D eigenvalue weighted by Gasteiger charge is -2.07. The molecule has 0 aliphatic rings. The van der Waals surface area contributed by atoms with Gasteiger partial charge in [-0.15, -0.1) is 0 Å². The fraction of sp³-hybridized carbons (Fsp3) is 0.385. The van der Waals surface area contributed by atoms with Gasteiger partial charge in [-0.25, -0.2) is 0 Å². The number of aryl methyl sites for hydroxylation is 1. The zero-order chi connectivity index (χ0) is 13.6. The van der Waals surface area contributed by atoms with Crippen molar-refractivity contribution in [1.82, 2.24) is 5.32 Å². The topological polar surface area (TPSA) is 55.4 Å². The molecule has 5 heteroatoms. The monoisotopic (exact) mass is 269 g/mol. The lowest BCUT2D eigenvalue weighted by atomic mass is 10.2. The summed E-state index contributed by atoms with van der Waals surface area (Å²) in [5.41, 5.74) is 2.01. The Morgan fingerprint density at radius 2 is 1.94 bits per heavy atom. The molecule has 0 fully saturated rings. The Hall–Kier alpha value is -1.17. The maximum atomic E-state index is 11.8. The van der Waals surface area contributed by atoms with Crippen molar-refractivity contribution in [3.05, 3.63) is 42.0 Å². The Labute approximate surface area is 109 Å². The van der Waals surface area contributed by atoms with Crippen molar-refractivity contribution >= 4 is 10.1 Å². The van der Waals surface area contributed by atoms with E-state index in [1.54, 1.807) is 24.3 Å². The SMILES string of the molecule is C=C(C)CNCCOS(=O)(=O)c1ccc(C)cc1. The third kappa shape index (κ3) is 5.00. The van der Waals surface area contributed by atoms with Gasteiger partial charge in [0.2, 0.25) is 0 Å². The summed E-state index contributed by atoms with van der Waals surface area (Å²) in [5.74, 6) is 0. The molecule has 0 atom stereocenters. The van der Waals surface area contributed by atoms with Crippen LogP contribution in [0.2, 0.25) is 0 Å². The molecule has 100 valence electrons. The highest BCUT2D eigenvalue weighted by Gasteiger charge is 2.13. The minimum Gasteiger partial charge on any atom is -0.311 e. The van der Waals surface area contributed by atoms with Crippen molar-refractivity contribution in [2.45, 2.75) is 18.7 Å². The second-order valence-electron chi connectivity index (χ2n) is 4.22. The highest BCUT2D eigenvalue weighted by atomic mass is 32.2. The van der Waals surface area contributed by atoms with Gasteiger partial charge in [0.25, 0.3) is 10.1 Å². The van der Waals surface area contributed by atoms with E-state index in [-0.39, 0.29) is 11.5 Å². The maximum absolute atomic E-state index is 11.8. The van der Waals surface area contributed by atoms with Crippen LogP contribution in [0.1, 0.15) is 12.5 Å². The van der Waals surface area contributed by atoms with Crippen LogP contribution < -0.4 is 5.32 Å². The van der Waals surface area contributed by atoms with Crippen molar-refractivity contribution in [3.8, 4) is 0 Å². The molecule has 1 aromatic carbocycles. The molecular formula is C13H19NO3S. The van der Waals surface area contributed by atoms with Gasteiger partial charge in [0.15, 0.2) is 0 Å². The second kappa shape index (κ2) is 6.68. The van der Waals surface area contributed by atoms with Gasteiger partial charge >= 0.3 is 0 Å². The average Bonchev–Trinajstić information content (AvgIpc) is 2.28. The molecule has 0 heterocycles. The van der Waals surface area contributed by atoms with Crippen LogP contribution in [0.25, 0.3) is 0 Å². The molecule has 0 unspecified atom stereocenters. The molecular weight excluding hydrogens is 250 g/mol. The van der Waals surface area contributed by atoms with Gasteiger partial charge in [0.1, 0.15) is 0 Å². The first-order valence-electron chi connectivity index (χ1n) is 5.73. The molecule has 0 saturated carbocycles. The van der Waals surface area contributed by atoms with E-state index in [0.717, 1.165) is 11.1 Å². The standard InChI is InChI=1S/C13H19NO3S/c1-11(2)10-14-8-9-17-18(15,16)13-6-4-12(3)5-7-13/h4-7,14H,1,8-10H2,2-3H3. The van der Waals surface area contributed by atoms with Crippen molar-refractivity contribution in [2.24, 2.45) is 0 Å². The van der Waals surface area contributed by atoms with Gasteiger partial charge in [0.05, 0.1) is 11.5 Å². The smallest absolute Gasteiger partial charge is 0.297 e. The van der Waals surface area contributed by atoms with Crippen LogP contribution in [0.3, 0.4) is 0 Å². The summed E-state index contributed by atoms with van der Waals surface area (Å²) in [6, 6.07) is 6.59. The van der Waals surface area contributed by atoms with Crippen LogP contribution in [0.5, 0.6) is 0 Å². The number of hydrogen-bond donors (Lipinski definition) is 1. The first kappa shape index (κ1) is 14.9. The molecule has 0 aliphatic carbocycles. The first-order chi connectivity index (χ1) is 8.42. The largest absolute Gasteiger partial charge is 0.311 e. The molecule has 0 amide bonds. The summed E-state index contributed by atoms with van der Waals surface area (Å²) in [4.78, 5) is 0.188. The molecule has 1 aromatic rings. The third-order valence-corrected chi connectivity index (χ3v) is 3.58. The second-order valence-corrected chi connectivity index (χ2v) is 5.84. The quantitative estimate of drug-likeness (QED) is 0.466. The van der Waals surface area contributed by atoms with E-state index in [1.165, 1.54) is 0 Å². The summed E-state index contributed by atoms with van der Waals surface area (Å²) in [6.45, 7) is 8.78. The van der Waals surface area contributed by atoms with Gasteiger partial charge in [-0.1, -0.05) is 29.8 Å². The Balaban J connectivity index is 2.45. The zero-order valence-electron chi connectivity index (χ0n) is 10.8. The Kier molecular flexibility index (Phi) is 5.53. The van der Waals surface area contributed by atoms with Crippen LogP contribution in [-0.2, 0) is 14.3 Å². The van der Waals surface area contributed by atoms with Gasteiger partial charge in [-0.3, -0.25) is 4.18 Å². The lowest BCUT2D eigenvalue weighted by Crippen LogP contribution is -2.22. The predicted octanol–water partition coefficient (Wildman–Crippen LogP) is 1.87. The number of benzene rings is 1. The van der Waals surface area contributed by atoms with E-state index < -0.39 is 10.1 Å². The van der Waals surface area contributed by atoms with Crippen molar-refractivity contribution < 1.29 is 12.6 Å². The minimum atomic E-state index is -3.64. The fourth-order valence-electron chi connectivity index (χ4n) is 1.30. The summed E-state index contributed by atoms with van der Waals surface area (Å²) in [6.07, 6.45) is 0. The minimum absolute atomic E-state index is 0.115. The molecule has 0 bridgehead atoms. The Morgan fingerprint density at radius 1 is 1.33 bits per heavy atom. The molecule has 18 heavy (non-hydrogen) atoms. The van der Waals surface area contributed by atoms with Crippen LogP contribution in [0.4, 0.5) is 0 Å². The zero-order valence-corrected chi connectivity index (χ0v) is 11.6. The van der Waals surface area contributed by atoms with E-state index in [4.69, 9.17) is 4.18 Å². The number of nitrogens with one attached hydrogen (secondary N) is 1. The highest BCUT2D eigenvalue weighted by Crippen LogP contribution is 2.12. The Bertz CT molecular complexity index is 491. The Morgan fingerprint density at radius 3 is 2.50 bits per heavy atom. The van der Waals surface area contributed by atoms with Crippen LogP contribution in [0, 0.1) is 6.92 Å². The van der Waals surface area contributed by atoms with E-state index in [0.29, 0.717) is 13.1 Å². The fourth-order valence-corrected chi connectivity index (χ4v) is 2.21. The summed E-state index contributed by atoms with van der Waals surface area (Å²) in [5, 5.41) is 3.03. The van der Waals surface area contributed by atoms with Crippen LogP contribution in [-0.4, -0.2) is 28.1 Å². The molecule has 1 rings (SSSR count). The highest BCUT2D eigenvalue weighted by molar-refractivity contribution is 7.86. The van der Waals surface area contributed by atoms with Gasteiger partial charge in [-0.2, -0.15) is 8.42 Å². The number of rotatable bonds is 7. The first-order valence-corrected chi connectivity index (χ1v) is 7.14. The van der Waals surface area contributed by atoms with Crippen molar-refractivity contribution in [3.63, 3.8) is 0 Å². The molecule has 0 aliphatic heterocycles. The average molecular weight is 269 g/mol. The number of hydrogen-bond acceptors (Lipinski definition) is 4. The summed E-state index contributed by atoms with van der Waals surface area (Å²) < 4.78 is 28.5. The maximum Gasteiger partial charge on any atom is 0.297 e. The molecule has 0 saturated heterocycles. The molecule has 1 N–H and O–H groups in total. The molecule has 0 spiro atoms. The van der Waals surface area contributed by atoms with Crippen molar-refractivity contribution in [2.75, 3.05) is 19.7 Å². The van der Waals surface area contributed by atoms with Crippen LogP contribution >= 0.6 is 0 Å². The summed E-state index contributed by atoms with van der Waals surface area (Å²) in [7, 11) is -3.64. The predicted molar refractivity (Wildman–Crippen MR) is 72.0 cm³/mol. The molecule has 0 radical (unpaired) electrons. The summed E-state index contributed by atoms with van der Waals surface area (Å²) >= 11 is 0. The van der Waals surface area contributed by atoms with Gasteiger partial charge in [-0.05, 0) is 26.0 Å². The van der Waals surface area contributed by atoms with E-state index in [9.17, 15) is 8.42 Å². The van der Waals surface area contributed by atoms with Crippen LogP contribution in [0.15, 0.2) is 41.3 Å². The van der Waals surface area contributed by atoms with E-state index >= 15 is 0 Å². The lowest BCUT2D eigenvalue weighted by molar-refractivity contribution is 0.317.